The van der Waals surface area contributed by atoms with Crippen LogP contribution in [0.15, 0.2) is 18.2 Å². The lowest BCUT2D eigenvalue weighted by Crippen LogP contribution is -2.33. The fourth-order valence-corrected chi connectivity index (χ4v) is 2.53. The van der Waals surface area contributed by atoms with Crippen molar-refractivity contribution >= 4 is 23.0 Å². The molecule has 5 nitrogen and oxygen atoms in total. The Kier molecular flexibility index (Phi) is 4.99. The van der Waals surface area contributed by atoms with Gasteiger partial charge in [0, 0.05) is 25.2 Å². The van der Waals surface area contributed by atoms with E-state index in [1.165, 1.54) is 31.4 Å². The highest BCUT2D eigenvalue weighted by molar-refractivity contribution is 6.33. The number of anilines is 1. The lowest BCUT2D eigenvalue weighted by atomic mass is 10.1. The maximum atomic E-state index is 10.6. The number of rotatable bonds is 5. The molecular formula is C13H18ClN3O2. The normalized spacial score (nSPS) is 16.3. The summed E-state index contributed by atoms with van der Waals surface area (Å²) in [5.41, 5.74) is 0.774. The second-order valence-electron chi connectivity index (χ2n) is 4.75. The van der Waals surface area contributed by atoms with Crippen LogP contribution in [0.3, 0.4) is 0 Å². The highest BCUT2D eigenvalue weighted by Crippen LogP contribution is 2.26. The predicted octanol–water partition coefficient (Wildman–Crippen LogP) is 3.15. The summed E-state index contributed by atoms with van der Waals surface area (Å²) in [6, 6.07) is 4.51. The number of halogens is 1. The van der Waals surface area contributed by atoms with Gasteiger partial charge in [0.05, 0.1) is 15.6 Å². The van der Waals surface area contributed by atoms with E-state index in [1.54, 1.807) is 6.07 Å². The number of nitro benzene ring substituents is 1. The molecule has 1 fully saturated rings. The summed E-state index contributed by atoms with van der Waals surface area (Å²) in [6.45, 7) is 4.11. The molecular weight excluding hydrogens is 266 g/mol. The van der Waals surface area contributed by atoms with Gasteiger partial charge in [-0.2, -0.15) is 0 Å². The Morgan fingerprint density at radius 2 is 2.05 bits per heavy atom. The molecule has 6 heteroatoms. The molecule has 1 aromatic carbocycles. The molecule has 1 aliphatic rings. The number of nitrogens with zero attached hydrogens (tertiary/aromatic N) is 2. The molecule has 1 heterocycles. The van der Waals surface area contributed by atoms with Crippen LogP contribution in [0.5, 0.6) is 0 Å². The third-order valence-electron chi connectivity index (χ3n) is 3.36. The summed E-state index contributed by atoms with van der Waals surface area (Å²) < 4.78 is 0. The zero-order chi connectivity index (χ0) is 13.7. The van der Waals surface area contributed by atoms with Gasteiger partial charge in [-0.15, -0.1) is 0 Å². The number of likely N-dealkylation sites (tertiary alicyclic amines) is 1. The van der Waals surface area contributed by atoms with Gasteiger partial charge >= 0.3 is 0 Å². The minimum Gasteiger partial charge on any atom is -0.383 e. The summed E-state index contributed by atoms with van der Waals surface area (Å²) in [4.78, 5) is 12.6. The first-order valence-electron chi connectivity index (χ1n) is 6.57. The van der Waals surface area contributed by atoms with Crippen molar-refractivity contribution in [2.45, 2.75) is 19.3 Å². The Hall–Kier alpha value is -1.33. The molecule has 1 saturated heterocycles. The van der Waals surface area contributed by atoms with Gasteiger partial charge in [-0.05, 0) is 32.0 Å². The molecule has 104 valence electrons. The summed E-state index contributed by atoms with van der Waals surface area (Å²) in [5, 5.41) is 14.2. The van der Waals surface area contributed by atoms with Crippen molar-refractivity contribution in [1.29, 1.82) is 0 Å². The second-order valence-corrected chi connectivity index (χ2v) is 5.16. The van der Waals surface area contributed by atoms with Gasteiger partial charge in [-0.25, -0.2) is 0 Å². The van der Waals surface area contributed by atoms with Crippen LogP contribution in [0.1, 0.15) is 19.3 Å². The van der Waals surface area contributed by atoms with Crippen molar-refractivity contribution in [2.24, 2.45) is 0 Å². The monoisotopic (exact) mass is 283 g/mol. The molecule has 0 aromatic heterocycles. The van der Waals surface area contributed by atoms with E-state index in [0.29, 0.717) is 5.02 Å². The fourth-order valence-electron chi connectivity index (χ4n) is 2.29. The van der Waals surface area contributed by atoms with Crippen molar-refractivity contribution < 1.29 is 4.92 Å². The Morgan fingerprint density at radius 3 is 2.68 bits per heavy atom. The van der Waals surface area contributed by atoms with E-state index >= 15 is 0 Å². The van der Waals surface area contributed by atoms with Gasteiger partial charge < -0.3 is 10.2 Å². The Balaban J connectivity index is 1.83. The predicted molar refractivity (Wildman–Crippen MR) is 76.9 cm³/mol. The number of nitro groups is 1. The molecule has 2 rings (SSSR count). The first-order chi connectivity index (χ1) is 9.16. The quantitative estimate of drug-likeness (QED) is 0.666. The third kappa shape index (κ3) is 4.08. The van der Waals surface area contributed by atoms with Gasteiger partial charge in [0.25, 0.3) is 5.69 Å². The molecule has 19 heavy (non-hydrogen) atoms. The number of hydrogen-bond donors (Lipinski definition) is 1. The highest BCUT2D eigenvalue weighted by atomic mass is 35.5. The summed E-state index contributed by atoms with van der Waals surface area (Å²) in [5.74, 6) is 0. The van der Waals surface area contributed by atoms with E-state index in [9.17, 15) is 10.1 Å². The van der Waals surface area contributed by atoms with Gasteiger partial charge in [-0.1, -0.05) is 18.0 Å². The van der Waals surface area contributed by atoms with E-state index in [1.807, 2.05) is 0 Å². The molecule has 0 atom stereocenters. The smallest absolute Gasteiger partial charge is 0.271 e. The van der Waals surface area contributed by atoms with Crippen LogP contribution in [-0.4, -0.2) is 36.0 Å². The summed E-state index contributed by atoms with van der Waals surface area (Å²) >= 11 is 6.01. The highest BCUT2D eigenvalue weighted by Gasteiger charge is 2.11. The molecule has 0 spiro atoms. The van der Waals surface area contributed by atoms with Crippen LogP contribution in [0.25, 0.3) is 0 Å². The van der Waals surface area contributed by atoms with Crippen LogP contribution >= 0.6 is 11.6 Å². The van der Waals surface area contributed by atoms with Gasteiger partial charge in [0.2, 0.25) is 0 Å². The minimum atomic E-state index is -0.441. The largest absolute Gasteiger partial charge is 0.383 e. The van der Waals surface area contributed by atoms with Crippen molar-refractivity contribution in [3.63, 3.8) is 0 Å². The van der Waals surface area contributed by atoms with Crippen LogP contribution in [0.4, 0.5) is 11.4 Å². The SMILES string of the molecule is O=[N+]([O-])c1ccc(NCCN2CCCCC2)c(Cl)c1. The first kappa shape index (κ1) is 14.1. The molecule has 0 unspecified atom stereocenters. The van der Waals surface area contributed by atoms with Crippen molar-refractivity contribution in [2.75, 3.05) is 31.5 Å². The average molecular weight is 284 g/mol. The van der Waals surface area contributed by atoms with E-state index in [2.05, 4.69) is 10.2 Å². The summed E-state index contributed by atoms with van der Waals surface area (Å²) in [7, 11) is 0. The molecule has 0 amide bonds. The van der Waals surface area contributed by atoms with Crippen molar-refractivity contribution in [3.05, 3.63) is 33.3 Å². The topological polar surface area (TPSA) is 58.4 Å². The second kappa shape index (κ2) is 6.73. The summed E-state index contributed by atoms with van der Waals surface area (Å²) in [6.07, 6.45) is 3.88. The fraction of sp³-hybridized carbons (Fsp3) is 0.538. The van der Waals surface area contributed by atoms with Gasteiger partial charge in [0.15, 0.2) is 0 Å². The van der Waals surface area contributed by atoms with Crippen LogP contribution in [0, 0.1) is 10.1 Å². The molecule has 0 aliphatic carbocycles. The number of non-ortho nitro benzene ring substituents is 1. The Labute approximate surface area is 117 Å². The maximum absolute atomic E-state index is 10.6. The zero-order valence-electron chi connectivity index (χ0n) is 10.8. The molecule has 0 bridgehead atoms. The minimum absolute atomic E-state index is 0.0200. The lowest BCUT2D eigenvalue weighted by Gasteiger charge is -2.26. The molecule has 0 radical (unpaired) electrons. The van der Waals surface area contributed by atoms with Crippen molar-refractivity contribution in [1.82, 2.24) is 4.90 Å². The number of nitrogens with one attached hydrogen (secondary N) is 1. The maximum Gasteiger partial charge on any atom is 0.271 e. The molecule has 1 N–H and O–H groups in total. The van der Waals surface area contributed by atoms with Gasteiger partial charge in [-0.3, -0.25) is 10.1 Å². The van der Waals surface area contributed by atoms with Crippen LogP contribution in [0.2, 0.25) is 5.02 Å². The van der Waals surface area contributed by atoms with Crippen molar-refractivity contribution in [3.8, 4) is 0 Å². The zero-order valence-corrected chi connectivity index (χ0v) is 11.5. The average Bonchev–Trinajstić information content (AvgIpc) is 2.41. The van der Waals surface area contributed by atoms with E-state index in [4.69, 9.17) is 11.6 Å². The van der Waals surface area contributed by atoms with E-state index < -0.39 is 4.92 Å². The van der Waals surface area contributed by atoms with Gasteiger partial charge in [0.1, 0.15) is 0 Å². The molecule has 0 saturated carbocycles. The standard InChI is InChI=1S/C13H18ClN3O2/c14-12-10-11(17(18)19)4-5-13(12)15-6-9-16-7-2-1-3-8-16/h4-5,10,15H,1-3,6-9H2. The lowest BCUT2D eigenvalue weighted by molar-refractivity contribution is -0.384. The van der Waals surface area contributed by atoms with Crippen LogP contribution < -0.4 is 5.32 Å². The van der Waals surface area contributed by atoms with Crippen LogP contribution in [-0.2, 0) is 0 Å². The Morgan fingerprint density at radius 1 is 1.32 bits per heavy atom. The third-order valence-corrected chi connectivity index (χ3v) is 3.67. The van der Waals surface area contributed by atoms with E-state index in [-0.39, 0.29) is 5.69 Å². The molecule has 1 aliphatic heterocycles. The number of piperidine rings is 1. The van der Waals surface area contributed by atoms with E-state index in [0.717, 1.165) is 31.9 Å². The molecule has 1 aromatic rings. The Bertz CT molecular complexity index is 448. The number of hydrogen-bond acceptors (Lipinski definition) is 4. The first-order valence-corrected chi connectivity index (χ1v) is 6.95. The number of benzene rings is 1.